The lowest BCUT2D eigenvalue weighted by molar-refractivity contribution is 0.699. The standard InChI is InChI=1S/C36H52P2/c1-33(2,3)37(34(4,5)6)25-29-23-31(27-19-15-13-16-20-27)32(28-21-17-14-18-22-28)24-30(29)26-38(35(7,8)9)36(10,11)12/h13-24H,25-26H2,1-12H3. The smallest absolute Gasteiger partial charge is 0.00606 e. The maximum absolute atomic E-state index is 2.58. The van der Waals surface area contributed by atoms with Crippen LogP contribution in [0.25, 0.3) is 22.3 Å². The van der Waals surface area contributed by atoms with Crippen molar-refractivity contribution in [2.75, 3.05) is 0 Å². The zero-order chi connectivity index (χ0) is 28.5. The van der Waals surface area contributed by atoms with Gasteiger partial charge in [-0.25, -0.2) is 0 Å². The molecule has 0 unspecified atom stereocenters. The highest BCUT2D eigenvalue weighted by atomic mass is 31.1. The second-order valence-electron chi connectivity index (χ2n) is 14.8. The van der Waals surface area contributed by atoms with Crippen LogP contribution in [0.1, 0.15) is 94.2 Å². The minimum Gasteiger partial charge on any atom is -0.0911 e. The van der Waals surface area contributed by atoms with Crippen molar-refractivity contribution in [3.05, 3.63) is 83.9 Å². The van der Waals surface area contributed by atoms with Crippen LogP contribution in [0.2, 0.25) is 0 Å². The fourth-order valence-electron chi connectivity index (χ4n) is 6.00. The van der Waals surface area contributed by atoms with Crippen molar-refractivity contribution in [2.45, 2.75) is 116 Å². The van der Waals surface area contributed by atoms with Crippen molar-refractivity contribution < 1.29 is 0 Å². The van der Waals surface area contributed by atoms with Crippen LogP contribution < -0.4 is 0 Å². The third-order valence-corrected chi connectivity index (χ3v) is 15.2. The molecule has 0 bridgehead atoms. The Labute approximate surface area is 237 Å². The third kappa shape index (κ3) is 7.80. The first kappa shape index (κ1) is 31.1. The van der Waals surface area contributed by atoms with Gasteiger partial charge in [-0.2, -0.15) is 0 Å². The first-order valence-electron chi connectivity index (χ1n) is 14.2. The van der Waals surface area contributed by atoms with E-state index < -0.39 is 0 Å². The second-order valence-corrected chi connectivity index (χ2v) is 22.5. The molecule has 2 heteroatoms. The normalized spacial score (nSPS) is 13.4. The van der Waals surface area contributed by atoms with E-state index in [4.69, 9.17) is 0 Å². The maximum atomic E-state index is 2.58. The quantitative estimate of drug-likeness (QED) is 0.270. The predicted molar refractivity (Wildman–Crippen MR) is 178 cm³/mol. The van der Waals surface area contributed by atoms with E-state index >= 15 is 0 Å². The SMILES string of the molecule is CC(C)(C)P(Cc1cc(-c2ccccc2)c(-c2ccccc2)cc1CP(C(C)(C)C)C(C)(C)C)C(C)(C)C. The van der Waals surface area contributed by atoms with Gasteiger partial charge in [0, 0.05) is 0 Å². The number of benzene rings is 3. The summed E-state index contributed by atoms with van der Waals surface area (Å²) >= 11 is 0. The van der Waals surface area contributed by atoms with E-state index in [-0.39, 0.29) is 36.5 Å². The summed E-state index contributed by atoms with van der Waals surface area (Å²) in [4.78, 5) is 0. The Hall–Kier alpha value is -1.48. The molecule has 0 saturated carbocycles. The van der Waals surface area contributed by atoms with Gasteiger partial charge in [0.1, 0.15) is 0 Å². The highest BCUT2D eigenvalue weighted by Gasteiger charge is 2.37. The van der Waals surface area contributed by atoms with Crippen molar-refractivity contribution in [3.8, 4) is 22.3 Å². The van der Waals surface area contributed by atoms with Gasteiger partial charge in [0.15, 0.2) is 0 Å². The molecule has 0 saturated heterocycles. The molecule has 38 heavy (non-hydrogen) atoms. The molecule has 0 radical (unpaired) electrons. The average molecular weight is 547 g/mol. The summed E-state index contributed by atoms with van der Waals surface area (Å²) in [5.41, 5.74) is 8.49. The van der Waals surface area contributed by atoms with Gasteiger partial charge in [-0.15, -0.1) is 0 Å². The Bertz CT molecular complexity index is 1060. The van der Waals surface area contributed by atoms with E-state index in [1.54, 1.807) is 11.1 Å². The van der Waals surface area contributed by atoms with E-state index in [9.17, 15) is 0 Å². The molecule has 0 heterocycles. The fraction of sp³-hybridized carbons (Fsp3) is 0.500. The molecule has 0 aromatic heterocycles. The van der Waals surface area contributed by atoms with Crippen LogP contribution in [-0.2, 0) is 12.3 Å². The zero-order valence-corrected chi connectivity index (χ0v) is 28.0. The van der Waals surface area contributed by atoms with E-state index in [0.29, 0.717) is 0 Å². The molecule has 0 amide bonds. The van der Waals surface area contributed by atoms with Gasteiger partial charge in [0.05, 0.1) is 0 Å². The van der Waals surface area contributed by atoms with Gasteiger partial charge < -0.3 is 0 Å². The minimum absolute atomic E-state index is 0.254. The molecule has 0 N–H and O–H groups in total. The zero-order valence-electron chi connectivity index (χ0n) is 26.2. The van der Waals surface area contributed by atoms with E-state index in [1.165, 1.54) is 34.6 Å². The van der Waals surface area contributed by atoms with Crippen molar-refractivity contribution in [3.63, 3.8) is 0 Å². The summed E-state index contributed by atoms with van der Waals surface area (Å²) < 4.78 is 0. The largest absolute Gasteiger partial charge is 0.0911 e. The molecule has 0 aliphatic rings. The molecule has 0 fully saturated rings. The summed E-state index contributed by atoms with van der Waals surface area (Å²) in [5, 5.41) is 1.15. The monoisotopic (exact) mass is 546 g/mol. The Morgan fingerprint density at radius 2 is 0.684 bits per heavy atom. The van der Waals surface area contributed by atoms with Gasteiger partial charge in [-0.3, -0.25) is 0 Å². The molecule has 3 aromatic carbocycles. The summed E-state index contributed by atoms with van der Waals surface area (Å²) in [5.74, 6) is 0. The predicted octanol–water partition coefficient (Wildman–Crippen LogP) is 12.2. The maximum Gasteiger partial charge on any atom is -0.00606 e. The van der Waals surface area contributed by atoms with Crippen LogP contribution in [0.4, 0.5) is 0 Å². The molecule has 3 rings (SSSR count). The number of hydrogen-bond acceptors (Lipinski definition) is 0. The highest BCUT2D eigenvalue weighted by molar-refractivity contribution is 7.60. The molecule has 0 atom stereocenters. The van der Waals surface area contributed by atoms with Crippen molar-refractivity contribution >= 4 is 15.8 Å². The Balaban J connectivity index is 2.33. The van der Waals surface area contributed by atoms with Crippen LogP contribution in [0.5, 0.6) is 0 Å². The molecule has 206 valence electrons. The van der Waals surface area contributed by atoms with Crippen molar-refractivity contribution in [2.24, 2.45) is 0 Å². The number of rotatable bonds is 6. The molecule has 3 aromatic rings. The lowest BCUT2D eigenvalue weighted by Crippen LogP contribution is -2.27. The van der Waals surface area contributed by atoms with Crippen LogP contribution >= 0.6 is 15.8 Å². The second kappa shape index (κ2) is 11.6. The molecular weight excluding hydrogens is 494 g/mol. The summed E-state index contributed by atoms with van der Waals surface area (Å²) in [6.45, 7) is 29.5. The lowest BCUT2D eigenvalue weighted by atomic mass is 9.91. The summed E-state index contributed by atoms with van der Waals surface area (Å²) in [6, 6.07) is 27.2. The Kier molecular flexibility index (Phi) is 9.44. The third-order valence-electron chi connectivity index (χ3n) is 7.41. The molecule has 0 spiro atoms. The lowest BCUT2D eigenvalue weighted by Gasteiger charge is -2.44. The molecular formula is C36H52P2. The van der Waals surface area contributed by atoms with Gasteiger partial charge in [0.25, 0.3) is 0 Å². The van der Waals surface area contributed by atoms with E-state index in [0.717, 1.165) is 0 Å². The van der Waals surface area contributed by atoms with E-state index in [2.05, 4.69) is 156 Å². The fourth-order valence-corrected chi connectivity index (χ4v) is 13.2. The Morgan fingerprint density at radius 1 is 0.421 bits per heavy atom. The molecule has 0 aliphatic carbocycles. The van der Waals surface area contributed by atoms with Crippen LogP contribution in [0, 0.1) is 0 Å². The van der Waals surface area contributed by atoms with Crippen molar-refractivity contribution in [1.29, 1.82) is 0 Å². The van der Waals surface area contributed by atoms with Gasteiger partial charge in [0.2, 0.25) is 0 Å². The minimum atomic E-state index is -0.254. The summed E-state index contributed by atoms with van der Waals surface area (Å²) in [6.07, 6.45) is 2.34. The Morgan fingerprint density at radius 3 is 0.921 bits per heavy atom. The van der Waals surface area contributed by atoms with Crippen LogP contribution in [-0.4, -0.2) is 20.6 Å². The first-order valence-corrected chi connectivity index (χ1v) is 17.3. The van der Waals surface area contributed by atoms with Crippen molar-refractivity contribution in [1.82, 2.24) is 0 Å². The van der Waals surface area contributed by atoms with Crippen LogP contribution in [0.15, 0.2) is 72.8 Å². The molecule has 0 aliphatic heterocycles. The number of hydrogen-bond donors (Lipinski definition) is 0. The topological polar surface area (TPSA) is 0 Å². The van der Waals surface area contributed by atoms with E-state index in [1.807, 2.05) is 0 Å². The van der Waals surface area contributed by atoms with Gasteiger partial charge in [-0.1, -0.05) is 160 Å². The van der Waals surface area contributed by atoms with Gasteiger partial charge >= 0.3 is 0 Å². The molecule has 0 nitrogen and oxygen atoms in total. The van der Waals surface area contributed by atoms with Gasteiger partial charge in [-0.05, 0) is 78.5 Å². The highest BCUT2D eigenvalue weighted by Crippen LogP contribution is 2.64. The first-order chi connectivity index (χ1) is 17.4. The van der Waals surface area contributed by atoms with Crippen LogP contribution in [0.3, 0.4) is 0 Å². The summed E-state index contributed by atoms with van der Waals surface area (Å²) in [7, 11) is -0.509. The average Bonchev–Trinajstić information content (AvgIpc) is 2.79.